The van der Waals surface area contributed by atoms with Crippen LogP contribution in [0.5, 0.6) is 5.75 Å². The highest BCUT2D eigenvalue weighted by Gasteiger charge is 2.53. The Morgan fingerprint density at radius 3 is 2.29 bits per heavy atom. The zero-order chi connectivity index (χ0) is 12.8. The van der Waals surface area contributed by atoms with Crippen molar-refractivity contribution >= 4 is 5.97 Å². The molecule has 1 aliphatic carbocycles. The Morgan fingerprint density at radius 2 is 1.88 bits per heavy atom. The molecule has 3 nitrogen and oxygen atoms in total. The van der Waals surface area contributed by atoms with Crippen molar-refractivity contribution in [2.75, 3.05) is 0 Å². The van der Waals surface area contributed by atoms with E-state index in [1.54, 1.807) is 6.07 Å². The zero-order valence-electron chi connectivity index (χ0n) is 10.4. The molecule has 3 heteroatoms. The van der Waals surface area contributed by atoms with Crippen molar-refractivity contribution < 1.29 is 15.0 Å². The van der Waals surface area contributed by atoms with E-state index in [-0.39, 0.29) is 11.2 Å². The van der Waals surface area contributed by atoms with Crippen molar-refractivity contribution in [3.63, 3.8) is 0 Å². The quantitative estimate of drug-likeness (QED) is 0.827. The Kier molecular flexibility index (Phi) is 2.45. The van der Waals surface area contributed by atoms with Gasteiger partial charge < -0.3 is 10.2 Å². The van der Waals surface area contributed by atoms with E-state index in [9.17, 15) is 15.0 Å². The molecule has 0 bridgehead atoms. The van der Waals surface area contributed by atoms with Gasteiger partial charge in [0, 0.05) is 5.56 Å². The van der Waals surface area contributed by atoms with E-state index in [1.165, 1.54) is 0 Å². The number of rotatable bonds is 2. The Labute approximate surface area is 101 Å². The van der Waals surface area contributed by atoms with Crippen molar-refractivity contribution in [1.82, 2.24) is 0 Å². The van der Waals surface area contributed by atoms with Gasteiger partial charge in [-0.05, 0) is 23.8 Å². The Balaban J connectivity index is 2.55. The maximum Gasteiger partial charge on any atom is 0.314 e. The Hall–Kier alpha value is -1.51. The number of carboxylic acids is 1. The molecule has 1 saturated carbocycles. The van der Waals surface area contributed by atoms with E-state index in [2.05, 4.69) is 0 Å². The Morgan fingerprint density at radius 1 is 1.29 bits per heavy atom. The van der Waals surface area contributed by atoms with Crippen LogP contribution in [-0.4, -0.2) is 16.2 Å². The van der Waals surface area contributed by atoms with Gasteiger partial charge in [-0.2, -0.15) is 0 Å². The molecule has 92 valence electrons. The molecule has 0 heterocycles. The average molecular weight is 234 g/mol. The standard InChI is InChI=1S/C14H18O3/c1-13(2,3)9-5-4-6-10(11(9)15)14(7-8-14)12(16)17/h4-6,15H,7-8H2,1-3H3,(H,16,17). The van der Waals surface area contributed by atoms with Gasteiger partial charge in [0.15, 0.2) is 0 Å². The predicted octanol–water partition coefficient (Wildman–Crippen LogP) is 2.81. The van der Waals surface area contributed by atoms with Crippen molar-refractivity contribution in [2.24, 2.45) is 0 Å². The monoisotopic (exact) mass is 234 g/mol. The number of phenolic OH excluding ortho intramolecular Hbond substituents is 1. The number of aliphatic carboxylic acids is 1. The summed E-state index contributed by atoms with van der Waals surface area (Å²) in [6.45, 7) is 6.02. The number of hydrogen-bond donors (Lipinski definition) is 2. The normalized spacial score (nSPS) is 17.8. The van der Waals surface area contributed by atoms with Crippen LogP contribution in [0.1, 0.15) is 44.7 Å². The summed E-state index contributed by atoms with van der Waals surface area (Å²) in [5.41, 5.74) is 0.347. The van der Waals surface area contributed by atoms with Gasteiger partial charge in [-0.15, -0.1) is 0 Å². The van der Waals surface area contributed by atoms with Crippen LogP contribution in [0, 0.1) is 0 Å². The lowest BCUT2D eigenvalue weighted by atomic mass is 9.82. The molecule has 0 radical (unpaired) electrons. The third-order valence-corrected chi connectivity index (χ3v) is 3.52. The fraction of sp³-hybridized carbons (Fsp3) is 0.500. The minimum Gasteiger partial charge on any atom is -0.507 e. The van der Waals surface area contributed by atoms with Crippen LogP contribution in [-0.2, 0) is 15.6 Å². The van der Waals surface area contributed by atoms with E-state index >= 15 is 0 Å². The van der Waals surface area contributed by atoms with Crippen molar-refractivity contribution in [3.05, 3.63) is 29.3 Å². The maximum absolute atomic E-state index is 11.3. The fourth-order valence-corrected chi connectivity index (χ4v) is 2.26. The number of para-hydroxylation sites is 1. The minimum absolute atomic E-state index is 0.153. The number of carboxylic acid groups (broad SMARTS) is 1. The molecule has 0 amide bonds. The first kappa shape index (κ1) is 12.0. The van der Waals surface area contributed by atoms with Crippen LogP contribution in [0.15, 0.2) is 18.2 Å². The smallest absolute Gasteiger partial charge is 0.314 e. The molecule has 0 atom stereocenters. The molecule has 2 N–H and O–H groups in total. The molecule has 0 saturated heterocycles. The molecule has 1 aliphatic rings. The first-order chi connectivity index (χ1) is 7.79. The van der Waals surface area contributed by atoms with Gasteiger partial charge in [-0.25, -0.2) is 0 Å². The summed E-state index contributed by atoms with van der Waals surface area (Å²) in [7, 11) is 0. The van der Waals surface area contributed by atoms with Gasteiger partial charge in [0.05, 0.1) is 5.41 Å². The lowest BCUT2D eigenvalue weighted by molar-refractivity contribution is -0.140. The molecule has 1 fully saturated rings. The molecular formula is C14H18O3. The zero-order valence-corrected chi connectivity index (χ0v) is 10.4. The van der Waals surface area contributed by atoms with Crippen LogP contribution >= 0.6 is 0 Å². The van der Waals surface area contributed by atoms with Crippen LogP contribution in [0.3, 0.4) is 0 Å². The van der Waals surface area contributed by atoms with E-state index in [4.69, 9.17) is 0 Å². The second-order valence-corrected chi connectivity index (χ2v) is 5.84. The highest BCUT2D eigenvalue weighted by molar-refractivity contribution is 5.86. The SMILES string of the molecule is CC(C)(C)c1cccc(C2(C(=O)O)CC2)c1O. The summed E-state index contributed by atoms with van der Waals surface area (Å²) < 4.78 is 0. The van der Waals surface area contributed by atoms with Crippen LogP contribution in [0.25, 0.3) is 0 Å². The molecule has 0 unspecified atom stereocenters. The number of phenols is 1. The number of hydrogen-bond acceptors (Lipinski definition) is 2. The first-order valence-electron chi connectivity index (χ1n) is 5.85. The number of carbonyl (C=O) groups is 1. The van der Waals surface area contributed by atoms with Crippen molar-refractivity contribution in [3.8, 4) is 5.75 Å². The second kappa shape index (κ2) is 3.49. The maximum atomic E-state index is 11.3. The van der Waals surface area contributed by atoms with E-state index < -0.39 is 11.4 Å². The highest BCUT2D eigenvalue weighted by atomic mass is 16.4. The van der Waals surface area contributed by atoms with E-state index in [1.807, 2.05) is 32.9 Å². The molecular weight excluding hydrogens is 216 g/mol. The fourth-order valence-electron chi connectivity index (χ4n) is 2.26. The van der Waals surface area contributed by atoms with Gasteiger partial charge in [0.2, 0.25) is 0 Å². The van der Waals surface area contributed by atoms with Crippen LogP contribution < -0.4 is 0 Å². The molecule has 2 rings (SSSR count). The molecule has 0 spiro atoms. The van der Waals surface area contributed by atoms with Crippen molar-refractivity contribution in [1.29, 1.82) is 0 Å². The largest absolute Gasteiger partial charge is 0.507 e. The minimum atomic E-state index is -0.842. The molecule has 17 heavy (non-hydrogen) atoms. The topological polar surface area (TPSA) is 57.5 Å². The Bertz CT molecular complexity index is 465. The summed E-state index contributed by atoms with van der Waals surface area (Å²) in [4.78, 5) is 11.3. The van der Waals surface area contributed by atoms with Crippen molar-refractivity contribution in [2.45, 2.75) is 44.4 Å². The summed E-state index contributed by atoms with van der Waals surface area (Å²) in [6.07, 6.45) is 1.23. The third-order valence-electron chi connectivity index (χ3n) is 3.52. The summed E-state index contributed by atoms with van der Waals surface area (Å²) in [6, 6.07) is 5.42. The first-order valence-corrected chi connectivity index (χ1v) is 5.85. The summed E-state index contributed by atoms with van der Waals surface area (Å²) in [5.74, 6) is -0.682. The summed E-state index contributed by atoms with van der Waals surface area (Å²) in [5, 5.41) is 19.5. The van der Waals surface area contributed by atoms with Gasteiger partial charge in [0.25, 0.3) is 0 Å². The average Bonchev–Trinajstić information content (AvgIpc) is 2.97. The molecule has 0 aromatic heterocycles. The number of aromatic hydroxyl groups is 1. The molecule has 1 aromatic rings. The summed E-state index contributed by atoms with van der Waals surface area (Å²) >= 11 is 0. The van der Waals surface area contributed by atoms with Gasteiger partial charge >= 0.3 is 5.97 Å². The highest BCUT2D eigenvalue weighted by Crippen LogP contribution is 2.52. The predicted molar refractivity (Wildman–Crippen MR) is 65.4 cm³/mol. The van der Waals surface area contributed by atoms with Gasteiger partial charge in [0.1, 0.15) is 5.75 Å². The van der Waals surface area contributed by atoms with Gasteiger partial charge in [-0.3, -0.25) is 4.79 Å². The third kappa shape index (κ3) is 1.79. The van der Waals surface area contributed by atoms with Crippen LogP contribution in [0.2, 0.25) is 0 Å². The lowest BCUT2D eigenvalue weighted by Crippen LogP contribution is -2.21. The van der Waals surface area contributed by atoms with Gasteiger partial charge in [-0.1, -0.05) is 39.0 Å². The van der Waals surface area contributed by atoms with E-state index in [0.29, 0.717) is 18.4 Å². The number of benzene rings is 1. The second-order valence-electron chi connectivity index (χ2n) is 5.84. The molecule has 0 aliphatic heterocycles. The van der Waals surface area contributed by atoms with Crippen LogP contribution in [0.4, 0.5) is 0 Å². The van der Waals surface area contributed by atoms with E-state index in [0.717, 1.165) is 5.56 Å². The molecule has 1 aromatic carbocycles. The lowest BCUT2D eigenvalue weighted by Gasteiger charge is -2.23.